The summed E-state index contributed by atoms with van der Waals surface area (Å²) in [6.07, 6.45) is 0.880. The van der Waals surface area contributed by atoms with E-state index in [4.69, 9.17) is 4.74 Å². The molecule has 0 radical (unpaired) electrons. The number of rotatable bonds is 5. The van der Waals surface area contributed by atoms with Gasteiger partial charge >= 0.3 is 0 Å². The Morgan fingerprint density at radius 2 is 2.14 bits per heavy atom. The molecule has 1 aromatic carbocycles. The molecule has 0 saturated carbocycles. The largest absolute Gasteiger partial charge is 0.380 e. The van der Waals surface area contributed by atoms with Crippen LogP contribution in [0.1, 0.15) is 12.0 Å². The topological polar surface area (TPSA) is 49.9 Å². The lowest BCUT2D eigenvalue weighted by molar-refractivity contribution is 0.111. The van der Waals surface area contributed by atoms with Gasteiger partial charge in [-0.1, -0.05) is 12.1 Å². The minimum atomic E-state index is -3.84. The molecule has 0 amide bonds. The highest BCUT2D eigenvalue weighted by Gasteiger charge is 2.33. The van der Waals surface area contributed by atoms with Gasteiger partial charge in [0.1, 0.15) is 10.7 Å². The van der Waals surface area contributed by atoms with Crippen molar-refractivity contribution in [2.75, 3.05) is 34.3 Å². The van der Waals surface area contributed by atoms with Crippen LogP contribution in [-0.2, 0) is 14.8 Å². The second kappa shape index (κ2) is 6.62. The van der Waals surface area contributed by atoms with E-state index in [1.807, 2.05) is 7.05 Å². The molecule has 2 atom stereocenters. The standard InChI is InChI=1S/C15H23FN2O3S/c1-11-6-5-7-14(15(11)16)22(19,20)18(3)9-12-8-13(21-4)10-17(12)2/h5-7,12-13H,8-10H2,1-4H3/t12-,13-/m0/s1. The third-order valence-corrected chi connectivity index (χ3v) is 6.14. The number of hydrogen-bond donors (Lipinski definition) is 0. The van der Waals surface area contributed by atoms with E-state index in [0.29, 0.717) is 12.1 Å². The van der Waals surface area contributed by atoms with E-state index in [1.54, 1.807) is 26.2 Å². The number of methoxy groups -OCH3 is 1. The van der Waals surface area contributed by atoms with E-state index in [2.05, 4.69) is 4.90 Å². The van der Waals surface area contributed by atoms with Gasteiger partial charge in [0.15, 0.2) is 0 Å². The van der Waals surface area contributed by atoms with Crippen molar-refractivity contribution in [3.05, 3.63) is 29.6 Å². The predicted octanol–water partition coefficient (Wildman–Crippen LogP) is 1.47. The van der Waals surface area contributed by atoms with E-state index in [0.717, 1.165) is 13.0 Å². The molecule has 2 rings (SSSR count). The van der Waals surface area contributed by atoms with Crippen LogP contribution >= 0.6 is 0 Å². The Morgan fingerprint density at radius 3 is 2.73 bits per heavy atom. The molecule has 1 aromatic rings. The molecular weight excluding hydrogens is 307 g/mol. The van der Waals surface area contributed by atoms with Crippen LogP contribution < -0.4 is 0 Å². The lowest BCUT2D eigenvalue weighted by Crippen LogP contribution is -2.39. The lowest BCUT2D eigenvalue weighted by Gasteiger charge is -2.25. The Morgan fingerprint density at radius 1 is 1.45 bits per heavy atom. The summed E-state index contributed by atoms with van der Waals surface area (Å²) >= 11 is 0. The molecule has 0 spiro atoms. The van der Waals surface area contributed by atoms with Gasteiger partial charge in [-0.3, -0.25) is 4.90 Å². The van der Waals surface area contributed by atoms with E-state index < -0.39 is 15.8 Å². The van der Waals surface area contributed by atoms with Gasteiger partial charge in [0.05, 0.1) is 6.10 Å². The van der Waals surface area contributed by atoms with Crippen molar-refractivity contribution in [1.82, 2.24) is 9.21 Å². The van der Waals surface area contributed by atoms with Crippen molar-refractivity contribution in [2.45, 2.75) is 30.4 Å². The van der Waals surface area contributed by atoms with E-state index in [-0.39, 0.29) is 17.0 Å². The van der Waals surface area contributed by atoms with Crippen molar-refractivity contribution in [2.24, 2.45) is 0 Å². The Kier molecular flexibility index (Phi) is 5.21. The fourth-order valence-electron chi connectivity index (χ4n) is 2.80. The summed E-state index contributed by atoms with van der Waals surface area (Å²) < 4.78 is 45.9. The predicted molar refractivity (Wildman–Crippen MR) is 82.8 cm³/mol. The minimum Gasteiger partial charge on any atom is -0.380 e. The summed E-state index contributed by atoms with van der Waals surface area (Å²) in [6.45, 7) is 2.64. The van der Waals surface area contributed by atoms with E-state index >= 15 is 0 Å². The monoisotopic (exact) mass is 330 g/mol. The third kappa shape index (κ3) is 3.32. The van der Waals surface area contributed by atoms with Crippen molar-refractivity contribution >= 4 is 10.0 Å². The number of sulfonamides is 1. The highest BCUT2D eigenvalue weighted by molar-refractivity contribution is 7.89. The van der Waals surface area contributed by atoms with Crippen LogP contribution in [0.3, 0.4) is 0 Å². The molecule has 1 heterocycles. The Labute approximate surface area is 131 Å². The summed E-state index contributed by atoms with van der Waals surface area (Å²) in [5.74, 6) is -0.677. The first-order valence-electron chi connectivity index (χ1n) is 7.22. The second-order valence-corrected chi connectivity index (χ2v) is 7.87. The van der Waals surface area contributed by atoms with Gasteiger partial charge in [-0.25, -0.2) is 12.8 Å². The maximum Gasteiger partial charge on any atom is 0.245 e. The van der Waals surface area contributed by atoms with Crippen LogP contribution in [-0.4, -0.2) is 64.1 Å². The molecular formula is C15H23FN2O3S. The number of halogens is 1. The fraction of sp³-hybridized carbons (Fsp3) is 0.600. The smallest absolute Gasteiger partial charge is 0.245 e. The Hall–Kier alpha value is -1.02. The number of ether oxygens (including phenoxy) is 1. The van der Waals surface area contributed by atoms with Crippen molar-refractivity contribution in [3.63, 3.8) is 0 Å². The average molecular weight is 330 g/mol. The van der Waals surface area contributed by atoms with Gasteiger partial charge in [-0.05, 0) is 32.0 Å². The first kappa shape index (κ1) is 17.3. The van der Waals surface area contributed by atoms with Crippen molar-refractivity contribution in [3.8, 4) is 0 Å². The van der Waals surface area contributed by atoms with Crippen LogP contribution in [0.15, 0.2) is 23.1 Å². The summed E-state index contributed by atoms with van der Waals surface area (Å²) in [7, 11) is 1.25. The van der Waals surface area contributed by atoms with Crippen LogP contribution in [0, 0.1) is 12.7 Å². The van der Waals surface area contributed by atoms with E-state index in [1.165, 1.54) is 17.4 Å². The van der Waals surface area contributed by atoms with Gasteiger partial charge in [0.2, 0.25) is 10.0 Å². The van der Waals surface area contributed by atoms with E-state index in [9.17, 15) is 12.8 Å². The van der Waals surface area contributed by atoms with Crippen LogP contribution in [0.25, 0.3) is 0 Å². The van der Waals surface area contributed by atoms with Gasteiger partial charge in [0, 0.05) is 33.3 Å². The molecule has 1 saturated heterocycles. The van der Waals surface area contributed by atoms with Crippen LogP contribution in [0.2, 0.25) is 0 Å². The van der Waals surface area contributed by atoms with Gasteiger partial charge in [-0.2, -0.15) is 4.31 Å². The molecule has 5 nitrogen and oxygen atoms in total. The molecule has 124 valence electrons. The van der Waals surface area contributed by atoms with Gasteiger partial charge in [-0.15, -0.1) is 0 Å². The number of benzene rings is 1. The zero-order valence-electron chi connectivity index (χ0n) is 13.4. The molecule has 0 aliphatic carbocycles. The molecule has 0 unspecified atom stereocenters. The number of likely N-dealkylation sites (tertiary alicyclic amines) is 1. The molecule has 7 heteroatoms. The molecule has 22 heavy (non-hydrogen) atoms. The van der Waals surface area contributed by atoms with Gasteiger partial charge in [0.25, 0.3) is 0 Å². The lowest BCUT2D eigenvalue weighted by atomic mass is 10.2. The number of nitrogens with zero attached hydrogens (tertiary/aromatic N) is 2. The average Bonchev–Trinajstić information content (AvgIpc) is 2.82. The summed E-state index contributed by atoms with van der Waals surface area (Å²) in [5.41, 5.74) is 0.326. The maximum absolute atomic E-state index is 14.1. The molecule has 1 aliphatic rings. The first-order chi connectivity index (χ1) is 10.3. The summed E-state index contributed by atoms with van der Waals surface area (Å²) in [5, 5.41) is 0. The molecule has 0 aromatic heterocycles. The molecule has 1 fully saturated rings. The second-order valence-electron chi connectivity index (χ2n) is 5.86. The van der Waals surface area contributed by atoms with Crippen molar-refractivity contribution < 1.29 is 17.5 Å². The zero-order chi connectivity index (χ0) is 16.5. The molecule has 0 bridgehead atoms. The third-order valence-electron chi connectivity index (χ3n) is 4.30. The quantitative estimate of drug-likeness (QED) is 0.820. The molecule has 0 N–H and O–H groups in total. The first-order valence-corrected chi connectivity index (χ1v) is 8.66. The number of likely N-dealkylation sites (N-methyl/N-ethyl adjacent to an activating group) is 2. The van der Waals surface area contributed by atoms with Crippen LogP contribution in [0.4, 0.5) is 4.39 Å². The minimum absolute atomic E-state index is 0.0672. The van der Waals surface area contributed by atoms with Crippen LogP contribution in [0.5, 0.6) is 0 Å². The normalized spacial score (nSPS) is 23.4. The SMILES string of the molecule is CO[C@H]1C[C@@H](CN(C)S(=O)(=O)c2cccc(C)c2F)N(C)C1. The molecule has 1 aliphatic heterocycles. The Bertz CT molecular complexity index is 636. The van der Waals surface area contributed by atoms with Gasteiger partial charge < -0.3 is 4.74 Å². The maximum atomic E-state index is 14.1. The zero-order valence-corrected chi connectivity index (χ0v) is 14.2. The summed E-state index contributed by atoms with van der Waals surface area (Å²) in [4.78, 5) is 1.81. The fourth-order valence-corrected chi connectivity index (χ4v) is 4.14. The highest BCUT2D eigenvalue weighted by atomic mass is 32.2. The highest BCUT2D eigenvalue weighted by Crippen LogP contribution is 2.24. The van der Waals surface area contributed by atoms with Crippen molar-refractivity contribution in [1.29, 1.82) is 0 Å². The summed E-state index contributed by atoms with van der Waals surface area (Å²) in [6, 6.07) is 4.49. The number of aryl methyl sites for hydroxylation is 1. The Balaban J connectivity index is 2.18. The number of hydrogen-bond acceptors (Lipinski definition) is 4.